The van der Waals surface area contributed by atoms with Crippen molar-refractivity contribution >= 4 is 22.8 Å². The van der Waals surface area contributed by atoms with Crippen LogP contribution in [0.15, 0.2) is 36.8 Å². The molecule has 1 aliphatic heterocycles. The molecule has 9 heteroatoms. The lowest BCUT2D eigenvalue weighted by Crippen LogP contribution is -2.57. The quantitative estimate of drug-likeness (QED) is 0.690. The smallest absolute Gasteiger partial charge is 0.352 e. The van der Waals surface area contributed by atoms with Gasteiger partial charge < -0.3 is 14.8 Å². The Hall–Kier alpha value is -3.10. The molecule has 1 spiro atoms. The summed E-state index contributed by atoms with van der Waals surface area (Å²) in [6, 6.07) is 4.85. The van der Waals surface area contributed by atoms with Crippen LogP contribution in [0.5, 0.6) is 0 Å². The van der Waals surface area contributed by atoms with E-state index in [1.165, 1.54) is 12.1 Å². The molecule has 162 valence electrons. The van der Waals surface area contributed by atoms with Gasteiger partial charge in [-0.25, -0.2) is 9.97 Å². The van der Waals surface area contributed by atoms with Gasteiger partial charge >= 0.3 is 6.18 Å². The predicted octanol–water partition coefficient (Wildman–Crippen LogP) is 3.71. The van der Waals surface area contributed by atoms with E-state index in [9.17, 15) is 18.0 Å². The molecule has 0 bridgehead atoms. The Balaban J connectivity index is 1.32. The highest BCUT2D eigenvalue weighted by Crippen LogP contribution is 2.46. The summed E-state index contributed by atoms with van der Waals surface area (Å²) in [6.07, 6.45) is 1.04. The molecule has 1 N–H and O–H groups in total. The van der Waals surface area contributed by atoms with Crippen LogP contribution in [0.3, 0.4) is 0 Å². The monoisotopic (exact) mass is 429 g/mol. The number of fused-ring (bicyclic) bond motifs is 1. The Morgan fingerprint density at radius 2 is 1.90 bits per heavy atom. The third-order valence-electron chi connectivity index (χ3n) is 6.36. The van der Waals surface area contributed by atoms with E-state index in [-0.39, 0.29) is 17.9 Å². The molecule has 3 heterocycles. The summed E-state index contributed by atoms with van der Waals surface area (Å²) in [4.78, 5) is 29.1. The summed E-state index contributed by atoms with van der Waals surface area (Å²) < 4.78 is 38.3. The number of H-pyrrole nitrogens is 1. The zero-order valence-corrected chi connectivity index (χ0v) is 17.0. The van der Waals surface area contributed by atoms with Crippen LogP contribution in [0.1, 0.15) is 29.5 Å². The molecule has 0 radical (unpaired) electrons. The topological polar surface area (TPSA) is 65.1 Å². The highest BCUT2D eigenvalue weighted by atomic mass is 19.4. The molecule has 3 aromatic rings. The highest BCUT2D eigenvalue weighted by molar-refractivity contribution is 5.91. The Morgan fingerprint density at radius 1 is 1.16 bits per heavy atom. The second-order valence-corrected chi connectivity index (χ2v) is 8.46. The molecule has 2 aliphatic rings. The zero-order chi connectivity index (χ0) is 21.8. The van der Waals surface area contributed by atoms with Gasteiger partial charge in [0, 0.05) is 25.8 Å². The van der Waals surface area contributed by atoms with Crippen molar-refractivity contribution in [3.63, 3.8) is 0 Å². The van der Waals surface area contributed by atoms with Gasteiger partial charge in [0.1, 0.15) is 17.8 Å². The Morgan fingerprint density at radius 3 is 2.58 bits per heavy atom. The largest absolute Gasteiger partial charge is 0.416 e. The van der Waals surface area contributed by atoms with E-state index in [0.29, 0.717) is 25.2 Å². The zero-order valence-electron chi connectivity index (χ0n) is 17.0. The predicted molar refractivity (Wildman–Crippen MR) is 110 cm³/mol. The number of halogens is 3. The molecular formula is C22H22F3N5O. The standard InChI is InChI=1S/C22H22F3N5O/c1-14-11-26-19-18(14)20(28-13-27-19)29-8-9-30(21(12-29)6-7-21)17(31)10-15-2-4-16(5-3-15)22(23,24)25/h2-5,11,13H,6-10,12H2,1H3,(H,26,27,28). The van der Waals surface area contributed by atoms with Crippen molar-refractivity contribution in [1.82, 2.24) is 19.9 Å². The maximum atomic E-state index is 13.0. The first-order valence-electron chi connectivity index (χ1n) is 10.3. The highest BCUT2D eigenvalue weighted by Gasteiger charge is 2.53. The van der Waals surface area contributed by atoms with Gasteiger partial charge in [0.15, 0.2) is 0 Å². The molecule has 31 heavy (non-hydrogen) atoms. The van der Waals surface area contributed by atoms with Crippen molar-refractivity contribution in [2.24, 2.45) is 0 Å². The number of anilines is 1. The summed E-state index contributed by atoms with van der Waals surface area (Å²) in [5.41, 5.74) is 1.55. The number of nitrogens with zero attached hydrogens (tertiary/aromatic N) is 4. The number of carbonyl (C=O) groups is 1. The summed E-state index contributed by atoms with van der Waals surface area (Å²) >= 11 is 0. The Bertz CT molecular complexity index is 1130. The number of rotatable bonds is 3. The van der Waals surface area contributed by atoms with Crippen molar-refractivity contribution < 1.29 is 18.0 Å². The van der Waals surface area contributed by atoms with Crippen LogP contribution >= 0.6 is 0 Å². The number of hydrogen-bond donors (Lipinski definition) is 1. The van der Waals surface area contributed by atoms with E-state index >= 15 is 0 Å². The summed E-state index contributed by atoms with van der Waals surface area (Å²) in [5, 5.41) is 1.00. The fourth-order valence-corrected chi connectivity index (χ4v) is 4.54. The molecule has 0 atom stereocenters. The fraction of sp³-hybridized carbons (Fsp3) is 0.409. The number of aromatic amines is 1. The molecule has 1 aromatic carbocycles. The van der Waals surface area contributed by atoms with Crippen LogP contribution in [0.25, 0.3) is 11.0 Å². The van der Waals surface area contributed by atoms with Crippen LogP contribution in [-0.2, 0) is 17.4 Å². The molecule has 2 aromatic heterocycles. The second-order valence-electron chi connectivity index (χ2n) is 8.46. The molecule has 2 fully saturated rings. The maximum Gasteiger partial charge on any atom is 0.416 e. The fourth-order valence-electron chi connectivity index (χ4n) is 4.54. The van der Waals surface area contributed by atoms with Gasteiger partial charge in [0.2, 0.25) is 5.91 Å². The molecule has 1 saturated heterocycles. The minimum absolute atomic E-state index is 0.0393. The Kier molecular flexibility index (Phi) is 4.46. The van der Waals surface area contributed by atoms with Crippen LogP contribution < -0.4 is 4.90 Å². The van der Waals surface area contributed by atoms with Crippen molar-refractivity contribution in [2.75, 3.05) is 24.5 Å². The number of alkyl halides is 3. The lowest BCUT2D eigenvalue weighted by molar-refractivity contribution is -0.137. The van der Waals surface area contributed by atoms with Gasteiger partial charge in [0.05, 0.1) is 22.9 Å². The van der Waals surface area contributed by atoms with Crippen molar-refractivity contribution in [3.8, 4) is 0 Å². The number of piperazine rings is 1. The SMILES string of the molecule is Cc1c[nH]c2ncnc(N3CCN(C(=O)Cc4ccc(C(F)(F)F)cc4)C4(CC4)C3)c12. The first kappa shape index (κ1) is 19.8. The molecule has 1 saturated carbocycles. The molecule has 6 nitrogen and oxygen atoms in total. The number of nitrogens with one attached hydrogen (secondary N) is 1. The minimum atomic E-state index is -4.37. The average molecular weight is 429 g/mol. The van der Waals surface area contributed by atoms with Crippen LogP contribution in [0, 0.1) is 6.92 Å². The lowest BCUT2D eigenvalue weighted by atomic mass is 10.0. The lowest BCUT2D eigenvalue weighted by Gasteiger charge is -2.43. The number of aromatic nitrogens is 3. The molecule has 5 rings (SSSR count). The molecular weight excluding hydrogens is 407 g/mol. The van der Waals surface area contributed by atoms with E-state index in [2.05, 4.69) is 19.9 Å². The van der Waals surface area contributed by atoms with Crippen molar-refractivity contribution in [3.05, 3.63) is 53.5 Å². The third kappa shape index (κ3) is 3.51. The second kappa shape index (κ2) is 6.96. The van der Waals surface area contributed by atoms with E-state index in [4.69, 9.17) is 0 Å². The van der Waals surface area contributed by atoms with E-state index in [1.807, 2.05) is 18.0 Å². The van der Waals surface area contributed by atoms with Gasteiger partial charge in [-0.1, -0.05) is 12.1 Å². The van der Waals surface area contributed by atoms with E-state index in [0.717, 1.165) is 47.4 Å². The average Bonchev–Trinajstić information content (AvgIpc) is 3.39. The normalized spacial score (nSPS) is 18.1. The third-order valence-corrected chi connectivity index (χ3v) is 6.36. The number of benzene rings is 1. The van der Waals surface area contributed by atoms with Crippen LogP contribution in [0.2, 0.25) is 0 Å². The van der Waals surface area contributed by atoms with Crippen LogP contribution in [0.4, 0.5) is 19.0 Å². The molecule has 0 unspecified atom stereocenters. The molecule has 1 aliphatic carbocycles. The summed E-state index contributed by atoms with van der Waals surface area (Å²) in [6.45, 7) is 3.93. The summed E-state index contributed by atoms with van der Waals surface area (Å²) in [7, 11) is 0. The number of amides is 1. The van der Waals surface area contributed by atoms with Gasteiger partial charge in [0.25, 0.3) is 0 Å². The number of aryl methyl sites for hydroxylation is 1. The van der Waals surface area contributed by atoms with Gasteiger partial charge in [-0.2, -0.15) is 13.2 Å². The van der Waals surface area contributed by atoms with Gasteiger partial charge in [-0.3, -0.25) is 4.79 Å². The maximum absolute atomic E-state index is 13.0. The minimum Gasteiger partial charge on any atom is -0.352 e. The van der Waals surface area contributed by atoms with Gasteiger partial charge in [-0.05, 0) is 43.0 Å². The van der Waals surface area contributed by atoms with Crippen LogP contribution in [-0.4, -0.2) is 50.9 Å². The number of hydrogen-bond acceptors (Lipinski definition) is 4. The Labute approximate surface area is 177 Å². The molecule has 1 amide bonds. The first-order valence-corrected chi connectivity index (χ1v) is 10.3. The van der Waals surface area contributed by atoms with E-state index < -0.39 is 11.7 Å². The van der Waals surface area contributed by atoms with Gasteiger partial charge in [-0.15, -0.1) is 0 Å². The summed E-state index contributed by atoms with van der Waals surface area (Å²) in [5.74, 6) is 0.840. The number of carbonyl (C=O) groups excluding carboxylic acids is 1. The van der Waals surface area contributed by atoms with Crippen molar-refractivity contribution in [1.29, 1.82) is 0 Å². The first-order chi connectivity index (χ1) is 14.8. The van der Waals surface area contributed by atoms with Crippen molar-refractivity contribution in [2.45, 2.75) is 37.9 Å². The van der Waals surface area contributed by atoms with E-state index in [1.54, 1.807) is 6.33 Å².